The van der Waals surface area contributed by atoms with Gasteiger partial charge in [0.2, 0.25) is 0 Å². The van der Waals surface area contributed by atoms with Gasteiger partial charge >= 0.3 is 0 Å². The molecule has 36 heavy (non-hydrogen) atoms. The van der Waals surface area contributed by atoms with E-state index in [1.54, 1.807) is 18.9 Å². The Hall–Kier alpha value is -1.95. The summed E-state index contributed by atoms with van der Waals surface area (Å²) >= 11 is 1.59. The minimum atomic E-state index is 0.0969. The van der Waals surface area contributed by atoms with Crippen LogP contribution in [0.5, 0.6) is 5.75 Å². The molecule has 0 aromatic heterocycles. The molecule has 0 radical (unpaired) electrons. The molecule has 1 unspecified atom stereocenters. The average molecular weight is 510 g/mol. The van der Waals surface area contributed by atoms with Crippen molar-refractivity contribution in [3.05, 3.63) is 28.2 Å². The van der Waals surface area contributed by atoms with Crippen molar-refractivity contribution in [2.75, 3.05) is 19.1 Å². The van der Waals surface area contributed by atoms with Crippen LogP contribution < -0.4 is 9.64 Å². The van der Waals surface area contributed by atoms with Crippen molar-refractivity contribution in [3.8, 4) is 5.75 Å². The van der Waals surface area contributed by atoms with Crippen LogP contribution in [-0.4, -0.2) is 47.8 Å². The highest BCUT2D eigenvalue weighted by Crippen LogP contribution is 2.46. The molecule has 2 aliphatic heterocycles. The minimum Gasteiger partial charge on any atom is -0.496 e. The van der Waals surface area contributed by atoms with Crippen LogP contribution in [0.1, 0.15) is 108 Å². The first-order chi connectivity index (χ1) is 17.3. The van der Waals surface area contributed by atoms with Gasteiger partial charge in [-0.05, 0) is 81.3 Å². The Bertz CT molecular complexity index is 1050. The number of carbonyl (C=O) groups is 1. The maximum Gasteiger partial charge on any atom is 0.267 e. The number of aliphatic imine (C=N–C) groups is 1. The summed E-state index contributed by atoms with van der Waals surface area (Å²) in [6.07, 6.45) is 15.1. The zero-order chi connectivity index (χ0) is 25.4. The summed E-state index contributed by atoms with van der Waals surface area (Å²) in [6.45, 7) is 6.91. The van der Waals surface area contributed by atoms with Crippen LogP contribution in [0, 0.1) is 0 Å². The number of thioether (sulfide) groups is 1. The summed E-state index contributed by atoms with van der Waals surface area (Å²) in [5.74, 6) is 1.41. The molecule has 6 heteroatoms. The third kappa shape index (κ3) is 4.94. The molecule has 196 valence electrons. The summed E-state index contributed by atoms with van der Waals surface area (Å²) in [5.41, 5.74) is 3.65. The van der Waals surface area contributed by atoms with Gasteiger partial charge in [0.15, 0.2) is 5.17 Å². The van der Waals surface area contributed by atoms with Gasteiger partial charge in [0.05, 0.1) is 18.1 Å². The van der Waals surface area contributed by atoms with E-state index >= 15 is 0 Å². The molecule has 1 saturated heterocycles. The van der Waals surface area contributed by atoms with Crippen LogP contribution in [0.3, 0.4) is 0 Å². The Morgan fingerprint density at radius 1 is 1.06 bits per heavy atom. The number of fused-ring (bicyclic) bond motifs is 1. The molecule has 2 aliphatic carbocycles. The number of methoxy groups -OCH3 is 1. The summed E-state index contributed by atoms with van der Waals surface area (Å²) < 4.78 is 5.86. The molecule has 1 aromatic carbocycles. The zero-order valence-electron chi connectivity index (χ0n) is 22.8. The van der Waals surface area contributed by atoms with E-state index in [0.29, 0.717) is 12.0 Å². The van der Waals surface area contributed by atoms with E-state index in [4.69, 9.17) is 9.73 Å². The molecule has 1 aromatic rings. The van der Waals surface area contributed by atoms with E-state index < -0.39 is 0 Å². The van der Waals surface area contributed by atoms with Crippen molar-refractivity contribution < 1.29 is 9.53 Å². The van der Waals surface area contributed by atoms with Crippen LogP contribution in [0.15, 0.2) is 22.0 Å². The van der Waals surface area contributed by atoms with Gasteiger partial charge in [-0.25, -0.2) is 0 Å². The number of hydrogen-bond donors (Lipinski definition) is 0. The Balaban J connectivity index is 1.51. The Morgan fingerprint density at radius 2 is 1.72 bits per heavy atom. The van der Waals surface area contributed by atoms with Crippen LogP contribution >= 0.6 is 11.8 Å². The van der Waals surface area contributed by atoms with Gasteiger partial charge in [-0.15, -0.1) is 0 Å². The second-order valence-electron chi connectivity index (χ2n) is 11.9. The molecule has 0 bridgehead atoms. The van der Waals surface area contributed by atoms with Gasteiger partial charge in [-0.3, -0.25) is 14.7 Å². The fraction of sp³-hybridized carbons (Fsp3) is 0.667. The first kappa shape index (κ1) is 25.7. The number of hydrogen-bond acceptors (Lipinski definition) is 5. The van der Waals surface area contributed by atoms with E-state index in [-0.39, 0.29) is 17.5 Å². The van der Waals surface area contributed by atoms with E-state index in [9.17, 15) is 4.79 Å². The Morgan fingerprint density at radius 3 is 2.39 bits per heavy atom. The molecule has 4 aliphatic rings. The lowest BCUT2D eigenvalue weighted by Gasteiger charge is -2.45. The summed E-state index contributed by atoms with van der Waals surface area (Å²) in [4.78, 5) is 24.3. The number of amides is 1. The number of anilines is 1. The third-order valence-corrected chi connectivity index (χ3v) is 9.91. The SMILES string of the molecule is COc1cc2c(cc1/C=C1/SC(=NC3CCCCC3)N(C3CCCCC3)C1=O)C(C)CC(C)(C)N2C. The highest BCUT2D eigenvalue weighted by molar-refractivity contribution is 8.18. The predicted molar refractivity (Wildman–Crippen MR) is 152 cm³/mol. The average Bonchev–Trinajstić information content (AvgIpc) is 3.17. The molecule has 5 nitrogen and oxygen atoms in total. The van der Waals surface area contributed by atoms with Gasteiger partial charge in [-0.2, -0.15) is 0 Å². The number of amidine groups is 1. The van der Waals surface area contributed by atoms with Crippen molar-refractivity contribution in [2.45, 2.75) is 115 Å². The first-order valence-corrected chi connectivity index (χ1v) is 14.9. The second kappa shape index (κ2) is 10.4. The number of ether oxygens (including phenoxy) is 1. The molecule has 5 rings (SSSR count). The van der Waals surface area contributed by atoms with E-state index in [0.717, 1.165) is 53.5 Å². The Labute approximate surface area is 221 Å². The second-order valence-corrected chi connectivity index (χ2v) is 12.9. The monoisotopic (exact) mass is 509 g/mol. The largest absolute Gasteiger partial charge is 0.496 e. The fourth-order valence-corrected chi connectivity index (χ4v) is 7.75. The molecular weight excluding hydrogens is 466 g/mol. The molecule has 1 amide bonds. The van der Waals surface area contributed by atoms with Crippen molar-refractivity contribution in [1.29, 1.82) is 0 Å². The molecule has 1 atom stereocenters. The Kier molecular flexibility index (Phi) is 7.44. The zero-order valence-corrected chi connectivity index (χ0v) is 23.6. The highest BCUT2D eigenvalue weighted by atomic mass is 32.2. The standard InChI is InChI=1S/C30H43N3O2S/c1-20-19-30(2,3)32(4)25-18-26(35-5)21(16-24(20)25)17-27-28(34)33(23-14-10-7-11-15-23)29(36-27)31-22-12-8-6-9-13-22/h16-18,20,22-23H,6-15,19H2,1-5H3/b27-17+,31-29?. The lowest BCUT2D eigenvalue weighted by atomic mass is 9.80. The minimum absolute atomic E-state index is 0.0969. The van der Waals surface area contributed by atoms with Crippen molar-refractivity contribution >= 4 is 34.6 Å². The number of rotatable bonds is 4. The van der Waals surface area contributed by atoms with Gasteiger partial charge in [0.25, 0.3) is 5.91 Å². The first-order valence-electron chi connectivity index (χ1n) is 14.0. The van der Waals surface area contributed by atoms with E-state index in [1.807, 2.05) is 0 Å². The number of carbonyl (C=O) groups excluding carboxylic acids is 1. The topological polar surface area (TPSA) is 45.1 Å². The molecular formula is C30H43N3O2S. The summed E-state index contributed by atoms with van der Waals surface area (Å²) in [6, 6.07) is 5.07. The lowest BCUT2D eigenvalue weighted by Crippen LogP contribution is -2.45. The molecule has 0 N–H and O–H groups in total. The summed E-state index contributed by atoms with van der Waals surface area (Å²) in [5, 5.41) is 0.942. The van der Waals surface area contributed by atoms with Crippen molar-refractivity contribution in [1.82, 2.24) is 4.90 Å². The lowest BCUT2D eigenvalue weighted by molar-refractivity contribution is -0.124. The maximum atomic E-state index is 13.9. The van der Waals surface area contributed by atoms with Crippen molar-refractivity contribution in [3.63, 3.8) is 0 Å². The van der Waals surface area contributed by atoms with Crippen LogP contribution in [-0.2, 0) is 4.79 Å². The van der Waals surface area contributed by atoms with E-state index in [2.05, 4.69) is 55.8 Å². The molecule has 0 spiro atoms. The molecule has 3 fully saturated rings. The quantitative estimate of drug-likeness (QED) is 0.398. The molecule has 2 saturated carbocycles. The molecule has 2 heterocycles. The number of nitrogens with zero attached hydrogens (tertiary/aromatic N) is 3. The third-order valence-electron chi connectivity index (χ3n) is 8.92. The van der Waals surface area contributed by atoms with Crippen molar-refractivity contribution in [2.24, 2.45) is 4.99 Å². The maximum absolute atomic E-state index is 13.9. The van der Waals surface area contributed by atoms with Crippen LogP contribution in [0.2, 0.25) is 0 Å². The predicted octanol–water partition coefficient (Wildman–Crippen LogP) is 7.35. The van der Waals surface area contributed by atoms with Gasteiger partial charge in [-0.1, -0.05) is 45.4 Å². The highest BCUT2D eigenvalue weighted by Gasteiger charge is 2.40. The van der Waals surface area contributed by atoms with Gasteiger partial charge in [0, 0.05) is 35.9 Å². The van der Waals surface area contributed by atoms with Gasteiger partial charge < -0.3 is 9.64 Å². The van der Waals surface area contributed by atoms with Gasteiger partial charge in [0.1, 0.15) is 5.75 Å². The summed E-state index contributed by atoms with van der Waals surface area (Å²) in [7, 11) is 3.91. The normalized spacial score (nSPS) is 27.7. The van der Waals surface area contributed by atoms with E-state index in [1.165, 1.54) is 49.8 Å². The van der Waals surface area contributed by atoms with Crippen LogP contribution in [0.4, 0.5) is 5.69 Å². The fourth-order valence-electron chi connectivity index (χ4n) is 6.65. The number of benzene rings is 1. The van der Waals surface area contributed by atoms with Crippen LogP contribution in [0.25, 0.3) is 6.08 Å². The smallest absolute Gasteiger partial charge is 0.267 e.